The molecule has 0 aliphatic rings. The lowest BCUT2D eigenvalue weighted by Gasteiger charge is -2.37. The lowest BCUT2D eigenvalue weighted by Crippen LogP contribution is -2.58. The highest BCUT2D eigenvalue weighted by Crippen LogP contribution is 2.50. The molecular formula is C65H66F3N3O7S2. The average molecular weight is 1120 g/mol. The van der Waals surface area contributed by atoms with Gasteiger partial charge >= 0.3 is 12.1 Å². The summed E-state index contributed by atoms with van der Waals surface area (Å²) >= 11 is 3.06. The molecule has 0 fully saturated rings. The summed E-state index contributed by atoms with van der Waals surface area (Å²) in [4.78, 5) is 55.4. The molecule has 0 aromatic heterocycles. The van der Waals surface area contributed by atoms with Crippen molar-refractivity contribution in [2.75, 3.05) is 11.5 Å². The monoisotopic (exact) mass is 1120 g/mol. The van der Waals surface area contributed by atoms with Crippen LogP contribution in [0.15, 0.2) is 218 Å². The first-order chi connectivity index (χ1) is 38.5. The van der Waals surface area contributed by atoms with Crippen molar-refractivity contribution >= 4 is 47.2 Å². The molecule has 80 heavy (non-hydrogen) atoms. The second kappa shape index (κ2) is 28.6. The molecule has 10 nitrogen and oxygen atoms in total. The number of thioether (sulfide) groups is 2. The molecule has 0 saturated heterocycles. The van der Waals surface area contributed by atoms with Crippen molar-refractivity contribution < 1.29 is 47.7 Å². The number of aliphatic hydroxyl groups is 2. The van der Waals surface area contributed by atoms with Gasteiger partial charge in [-0.25, -0.2) is 0 Å². The number of carboxylic acid groups (broad SMARTS) is 1. The van der Waals surface area contributed by atoms with E-state index in [1.165, 1.54) is 30.0 Å². The van der Waals surface area contributed by atoms with E-state index >= 15 is 0 Å². The van der Waals surface area contributed by atoms with Gasteiger partial charge in [0.25, 0.3) is 0 Å². The zero-order valence-electron chi connectivity index (χ0n) is 44.4. The predicted octanol–water partition coefficient (Wildman–Crippen LogP) is 11.3. The van der Waals surface area contributed by atoms with Crippen LogP contribution in [0.1, 0.15) is 77.6 Å². The molecule has 5 atom stereocenters. The number of hydrogen-bond acceptors (Lipinski definition) is 8. The number of allylic oxidation sites excluding steroid dienone is 1. The van der Waals surface area contributed by atoms with Crippen LogP contribution in [-0.4, -0.2) is 80.8 Å². The lowest BCUT2D eigenvalue weighted by molar-refractivity contribution is -0.140. The third kappa shape index (κ3) is 15.7. The van der Waals surface area contributed by atoms with E-state index in [0.29, 0.717) is 12.2 Å². The van der Waals surface area contributed by atoms with E-state index in [1.54, 1.807) is 31.7 Å². The molecule has 6 N–H and O–H groups in total. The second-order valence-corrected chi connectivity index (χ2v) is 22.3. The van der Waals surface area contributed by atoms with E-state index in [-0.39, 0.29) is 11.3 Å². The van der Waals surface area contributed by atoms with Gasteiger partial charge in [0.15, 0.2) is 0 Å². The summed E-state index contributed by atoms with van der Waals surface area (Å²) in [5.74, 6) is -3.80. The zero-order chi connectivity index (χ0) is 57.1. The maximum Gasteiger partial charge on any atom is 0.416 e. The van der Waals surface area contributed by atoms with Crippen LogP contribution in [-0.2, 0) is 41.3 Å². The summed E-state index contributed by atoms with van der Waals surface area (Å²) in [6.07, 6.45) is -5.41. The number of alkyl halides is 3. The number of rotatable bonds is 27. The number of carbonyl (C=O) groups is 4. The van der Waals surface area contributed by atoms with Crippen LogP contribution in [0.5, 0.6) is 0 Å². The highest BCUT2D eigenvalue weighted by molar-refractivity contribution is 8.00. The second-order valence-electron chi connectivity index (χ2n) is 19.7. The summed E-state index contributed by atoms with van der Waals surface area (Å²) in [7, 11) is 0. The van der Waals surface area contributed by atoms with Crippen LogP contribution >= 0.6 is 23.5 Å². The van der Waals surface area contributed by atoms with Gasteiger partial charge in [-0.2, -0.15) is 13.2 Å². The van der Waals surface area contributed by atoms with E-state index in [1.807, 2.05) is 146 Å². The minimum Gasteiger partial charge on any atom is -0.481 e. The first kappa shape index (κ1) is 60.2. The number of nitrogens with one attached hydrogen (secondary N) is 3. The van der Waals surface area contributed by atoms with E-state index in [2.05, 4.69) is 52.3 Å². The Balaban J connectivity index is 1.16. The smallest absolute Gasteiger partial charge is 0.416 e. The molecule has 0 bridgehead atoms. The van der Waals surface area contributed by atoms with Crippen LogP contribution in [0.2, 0.25) is 0 Å². The molecule has 15 heteroatoms. The molecule has 0 aliphatic carbocycles. The van der Waals surface area contributed by atoms with Gasteiger partial charge in [-0.15, -0.1) is 23.5 Å². The predicted molar refractivity (Wildman–Crippen MR) is 312 cm³/mol. The molecule has 0 unspecified atom stereocenters. The van der Waals surface area contributed by atoms with Gasteiger partial charge in [0.05, 0.1) is 46.1 Å². The topological polar surface area (TPSA) is 165 Å². The fourth-order valence-corrected chi connectivity index (χ4v) is 12.9. The van der Waals surface area contributed by atoms with Crippen LogP contribution in [0, 0.1) is 5.92 Å². The molecule has 7 aromatic carbocycles. The van der Waals surface area contributed by atoms with E-state index < -0.39 is 100 Å². The molecule has 0 heterocycles. The summed E-state index contributed by atoms with van der Waals surface area (Å²) in [5, 5.41) is 40.2. The number of aliphatic carboxylic acids is 1. The minimum absolute atomic E-state index is 0.0547. The highest BCUT2D eigenvalue weighted by atomic mass is 32.2. The first-order valence-corrected chi connectivity index (χ1v) is 28.4. The maximum absolute atomic E-state index is 14.9. The van der Waals surface area contributed by atoms with Gasteiger partial charge in [0.1, 0.15) is 12.1 Å². The largest absolute Gasteiger partial charge is 0.481 e. The zero-order valence-corrected chi connectivity index (χ0v) is 46.0. The molecule has 7 aromatic rings. The van der Waals surface area contributed by atoms with Gasteiger partial charge in [0.2, 0.25) is 17.7 Å². The lowest BCUT2D eigenvalue weighted by atomic mass is 9.84. The van der Waals surface area contributed by atoms with E-state index in [0.717, 1.165) is 45.5 Å². The Morgan fingerprint density at radius 1 is 0.525 bits per heavy atom. The Morgan fingerprint density at radius 2 is 0.938 bits per heavy atom. The molecule has 0 aliphatic heterocycles. The molecular weight excluding hydrogens is 1060 g/mol. The van der Waals surface area contributed by atoms with Gasteiger partial charge in [-0.1, -0.05) is 226 Å². The molecule has 7 rings (SSSR count). The molecule has 0 spiro atoms. The van der Waals surface area contributed by atoms with Crippen LogP contribution < -0.4 is 16.0 Å². The van der Waals surface area contributed by atoms with Gasteiger partial charge in [0, 0.05) is 12.2 Å². The van der Waals surface area contributed by atoms with Crippen molar-refractivity contribution in [2.24, 2.45) is 5.92 Å². The van der Waals surface area contributed by atoms with E-state index in [4.69, 9.17) is 0 Å². The average Bonchev–Trinajstić information content (AvgIpc) is 3.46. The summed E-state index contributed by atoms with van der Waals surface area (Å²) in [6, 6.07) is 59.6. The molecule has 416 valence electrons. The summed E-state index contributed by atoms with van der Waals surface area (Å²) in [6.45, 7) is 3.39. The number of carboxylic acids is 1. The van der Waals surface area contributed by atoms with Gasteiger partial charge in [-0.05, 0) is 63.1 Å². The Labute approximate surface area is 474 Å². The Kier molecular flexibility index (Phi) is 21.6. The molecule has 0 saturated carbocycles. The summed E-state index contributed by atoms with van der Waals surface area (Å²) in [5.41, 5.74) is 4.87. The van der Waals surface area contributed by atoms with Crippen LogP contribution in [0.25, 0.3) is 0 Å². The fourth-order valence-electron chi connectivity index (χ4n) is 9.84. The number of aliphatic hydroxyl groups excluding tert-OH is 2. The van der Waals surface area contributed by atoms with Gasteiger partial charge in [-0.3, -0.25) is 19.2 Å². The Bertz CT molecular complexity index is 2910. The van der Waals surface area contributed by atoms with Crippen LogP contribution in [0.4, 0.5) is 13.2 Å². The van der Waals surface area contributed by atoms with Crippen molar-refractivity contribution in [3.05, 3.63) is 263 Å². The number of carbonyl (C=O) groups excluding carboxylic acids is 3. The van der Waals surface area contributed by atoms with Crippen LogP contribution in [0.3, 0.4) is 0 Å². The number of benzene rings is 7. The van der Waals surface area contributed by atoms with Crippen molar-refractivity contribution in [3.63, 3.8) is 0 Å². The summed E-state index contributed by atoms with van der Waals surface area (Å²) < 4.78 is 40.6. The highest BCUT2D eigenvalue weighted by Gasteiger charge is 2.41. The number of halogens is 3. The quantitative estimate of drug-likeness (QED) is 0.0167. The number of hydrogen-bond donors (Lipinski definition) is 6. The SMILES string of the molecule is CC(C)[C@@H](NC(=O)[C@@H](CSC(c1ccccc1)(c1ccccc1)c1ccccc1)NC(=O)[C@@H](Cc1cccc(C(F)(F)F)c1)NC(=O)C[C@H](O)C=CCCSC(c1ccccc1)(c1ccccc1)c1ccccc1)[C@@H](O)CC(=O)O. The fraction of sp³-hybridized carbons (Fsp3) is 0.262. The third-order valence-corrected chi connectivity index (χ3v) is 16.9. The third-order valence-electron chi connectivity index (χ3n) is 13.7. The Hall–Kier alpha value is -7.43. The van der Waals surface area contributed by atoms with Gasteiger partial charge < -0.3 is 31.3 Å². The standard InChI is InChI=1S/C65H66F3N3O7S2/c1-45(2)60(57(73)43-59(75)76)71-62(78)56(44-80-64(50-31-15-6-16-32-50,51-33-17-7-18-34-51)52-35-19-8-20-36-52)70-61(77)55(41-46-24-23-37-53(40-46)65(66,67)68)69-58(74)42-54(72)38-21-22-39-79-63(47-25-9-3-10-26-47,48-27-11-4-12-28-48)49-29-13-5-14-30-49/h3-21,23-38,40,45,54-57,60,72-73H,22,39,41-44H2,1-2H3,(H,69,74)(H,70,77)(H,71,78)(H,75,76)/t54-,55-,56-,57+,60-/m1/s1. The number of amides is 3. The molecule has 3 amide bonds. The maximum atomic E-state index is 14.9. The van der Waals surface area contributed by atoms with Crippen molar-refractivity contribution in [3.8, 4) is 0 Å². The first-order valence-electron chi connectivity index (χ1n) is 26.4. The minimum atomic E-state index is -4.72. The molecule has 0 radical (unpaired) electrons. The van der Waals surface area contributed by atoms with Crippen molar-refractivity contribution in [1.82, 2.24) is 16.0 Å². The Morgan fingerprint density at radius 3 is 1.35 bits per heavy atom. The normalized spacial score (nSPS) is 13.9. The van der Waals surface area contributed by atoms with Crippen molar-refractivity contribution in [1.29, 1.82) is 0 Å². The van der Waals surface area contributed by atoms with E-state index in [9.17, 15) is 47.7 Å². The van der Waals surface area contributed by atoms with Crippen molar-refractivity contribution in [2.45, 2.75) is 85.5 Å².